The van der Waals surface area contributed by atoms with Crippen LogP contribution in [0.4, 0.5) is 23.0 Å². The van der Waals surface area contributed by atoms with Crippen molar-refractivity contribution < 1.29 is 14.3 Å². The fourth-order valence-corrected chi connectivity index (χ4v) is 5.11. The Labute approximate surface area is 263 Å². The van der Waals surface area contributed by atoms with E-state index in [2.05, 4.69) is 49.6 Å². The first-order chi connectivity index (χ1) is 21.9. The fourth-order valence-electron chi connectivity index (χ4n) is 5.11. The average Bonchev–Trinajstić information content (AvgIpc) is 3.05. The highest BCUT2D eigenvalue weighted by Gasteiger charge is 2.20. The summed E-state index contributed by atoms with van der Waals surface area (Å²) in [5.41, 5.74) is 4.88. The summed E-state index contributed by atoms with van der Waals surface area (Å²) in [4.78, 5) is 27.4. The van der Waals surface area contributed by atoms with Crippen molar-refractivity contribution >= 4 is 28.9 Å². The summed E-state index contributed by atoms with van der Waals surface area (Å²) in [7, 11) is 2.15. The Bertz CT molecular complexity index is 1730. The molecule has 0 radical (unpaired) electrons. The molecule has 9 heteroatoms. The van der Waals surface area contributed by atoms with Gasteiger partial charge in [0.15, 0.2) is 0 Å². The second kappa shape index (κ2) is 13.5. The Balaban J connectivity index is 1.23. The Morgan fingerprint density at radius 1 is 0.733 bits per heavy atom. The van der Waals surface area contributed by atoms with Gasteiger partial charge in [0.05, 0.1) is 0 Å². The van der Waals surface area contributed by atoms with Gasteiger partial charge in [-0.2, -0.15) is 4.98 Å². The molecule has 1 amide bonds. The predicted octanol–water partition coefficient (Wildman–Crippen LogP) is 7.43. The lowest BCUT2D eigenvalue weighted by Crippen LogP contribution is -2.44. The third-order valence-corrected chi connectivity index (χ3v) is 7.73. The standard InChI is InChI=1S/C36H36N6O3/c1-25-8-7-9-26(2)33(25)39-34(43)32-24-37-36(38-27-12-14-28(15-13-27)42-22-20-41(3)21-23-42)40-35(32)45-31-18-16-30(17-19-31)44-29-10-5-4-6-11-29/h4-19,24H,20-23H2,1-3H3,(H,39,43)(H,37,38,40). The number of aryl methyl sites for hydroxylation is 2. The van der Waals surface area contributed by atoms with Crippen molar-refractivity contribution in [2.45, 2.75) is 13.8 Å². The lowest BCUT2D eigenvalue weighted by atomic mass is 10.1. The van der Waals surface area contributed by atoms with E-state index in [1.165, 1.54) is 11.9 Å². The summed E-state index contributed by atoms with van der Waals surface area (Å²) in [5.74, 6) is 1.96. The number of aromatic nitrogens is 2. The predicted molar refractivity (Wildman–Crippen MR) is 178 cm³/mol. The molecular formula is C36H36N6O3. The van der Waals surface area contributed by atoms with Crippen molar-refractivity contribution in [2.75, 3.05) is 48.8 Å². The zero-order valence-electron chi connectivity index (χ0n) is 25.7. The number of hydrogen-bond acceptors (Lipinski definition) is 8. The molecule has 1 fully saturated rings. The molecule has 6 rings (SSSR count). The minimum atomic E-state index is -0.366. The van der Waals surface area contributed by atoms with Crippen LogP contribution in [-0.2, 0) is 0 Å². The number of carbonyl (C=O) groups excluding carboxylic acids is 1. The maximum Gasteiger partial charge on any atom is 0.262 e. The van der Waals surface area contributed by atoms with Gasteiger partial charge >= 0.3 is 0 Å². The van der Waals surface area contributed by atoms with E-state index >= 15 is 0 Å². The number of benzene rings is 4. The topological polar surface area (TPSA) is 91.9 Å². The van der Waals surface area contributed by atoms with Crippen LogP contribution in [0.5, 0.6) is 23.1 Å². The molecule has 9 nitrogen and oxygen atoms in total. The van der Waals surface area contributed by atoms with E-state index in [1.807, 2.05) is 74.5 Å². The molecule has 0 spiro atoms. The first-order valence-corrected chi connectivity index (χ1v) is 15.0. The van der Waals surface area contributed by atoms with Crippen molar-refractivity contribution in [3.63, 3.8) is 0 Å². The number of nitrogens with one attached hydrogen (secondary N) is 2. The van der Waals surface area contributed by atoms with Gasteiger partial charge in [0.2, 0.25) is 11.8 Å². The van der Waals surface area contributed by atoms with Crippen LogP contribution < -0.4 is 25.0 Å². The molecule has 45 heavy (non-hydrogen) atoms. The molecule has 1 aromatic heterocycles. The lowest BCUT2D eigenvalue weighted by molar-refractivity contribution is 0.102. The molecule has 0 aliphatic carbocycles. The molecule has 1 aliphatic heterocycles. The molecule has 228 valence electrons. The van der Waals surface area contributed by atoms with Crippen molar-refractivity contribution in [3.8, 4) is 23.1 Å². The van der Waals surface area contributed by atoms with Gasteiger partial charge in [0.1, 0.15) is 22.8 Å². The molecule has 0 bridgehead atoms. The highest BCUT2D eigenvalue weighted by molar-refractivity contribution is 6.06. The summed E-state index contributed by atoms with van der Waals surface area (Å²) < 4.78 is 12.1. The van der Waals surface area contributed by atoms with E-state index in [9.17, 15) is 4.79 Å². The minimum absolute atomic E-state index is 0.127. The molecule has 0 unspecified atom stereocenters. The van der Waals surface area contributed by atoms with E-state index in [1.54, 1.807) is 24.3 Å². The van der Waals surface area contributed by atoms with Crippen LogP contribution in [-0.4, -0.2) is 54.0 Å². The number of piperazine rings is 1. The highest BCUT2D eigenvalue weighted by Crippen LogP contribution is 2.30. The first kappa shape index (κ1) is 29.7. The highest BCUT2D eigenvalue weighted by atomic mass is 16.5. The molecule has 2 N–H and O–H groups in total. The zero-order valence-corrected chi connectivity index (χ0v) is 25.7. The third kappa shape index (κ3) is 7.39. The van der Waals surface area contributed by atoms with Crippen molar-refractivity contribution in [1.82, 2.24) is 14.9 Å². The first-order valence-electron chi connectivity index (χ1n) is 15.0. The Kier molecular flexibility index (Phi) is 8.89. The number of anilines is 4. The monoisotopic (exact) mass is 600 g/mol. The van der Waals surface area contributed by atoms with E-state index in [0.717, 1.165) is 54.4 Å². The van der Waals surface area contributed by atoms with Gasteiger partial charge in [-0.15, -0.1) is 0 Å². The van der Waals surface area contributed by atoms with Crippen molar-refractivity contribution in [2.24, 2.45) is 0 Å². The molecule has 2 heterocycles. The van der Waals surface area contributed by atoms with Crippen LogP contribution in [0.25, 0.3) is 0 Å². The Morgan fingerprint density at radius 2 is 1.36 bits per heavy atom. The second-order valence-corrected chi connectivity index (χ2v) is 11.1. The smallest absolute Gasteiger partial charge is 0.262 e. The average molecular weight is 601 g/mol. The second-order valence-electron chi connectivity index (χ2n) is 11.1. The third-order valence-electron chi connectivity index (χ3n) is 7.73. The van der Waals surface area contributed by atoms with E-state index < -0.39 is 0 Å². The number of ether oxygens (including phenoxy) is 2. The van der Waals surface area contributed by atoms with Crippen LogP contribution in [0.2, 0.25) is 0 Å². The summed E-state index contributed by atoms with van der Waals surface area (Å²) in [6.45, 7) is 8.00. The number of para-hydroxylation sites is 2. The molecule has 0 saturated carbocycles. The summed E-state index contributed by atoms with van der Waals surface area (Å²) in [6.07, 6.45) is 1.49. The SMILES string of the molecule is Cc1cccc(C)c1NC(=O)c1cnc(Nc2ccc(N3CCN(C)CC3)cc2)nc1Oc1ccc(Oc2ccccc2)cc1. The quantitative estimate of drug-likeness (QED) is 0.181. The fraction of sp³-hybridized carbons (Fsp3) is 0.194. The normalized spacial score (nSPS) is 13.3. The Morgan fingerprint density at radius 3 is 2.02 bits per heavy atom. The number of nitrogens with zero attached hydrogens (tertiary/aromatic N) is 4. The zero-order chi connectivity index (χ0) is 31.2. The van der Waals surface area contributed by atoms with E-state index in [-0.39, 0.29) is 17.4 Å². The van der Waals surface area contributed by atoms with E-state index in [4.69, 9.17) is 9.47 Å². The molecular weight excluding hydrogens is 564 g/mol. The van der Waals surface area contributed by atoms with Crippen LogP contribution in [0, 0.1) is 13.8 Å². The number of amides is 1. The van der Waals surface area contributed by atoms with Crippen molar-refractivity contribution in [3.05, 3.63) is 120 Å². The van der Waals surface area contributed by atoms with Gasteiger partial charge in [0, 0.05) is 49.4 Å². The number of carbonyl (C=O) groups is 1. The maximum atomic E-state index is 13.5. The number of hydrogen-bond donors (Lipinski definition) is 2. The van der Waals surface area contributed by atoms with Gasteiger partial charge < -0.3 is 29.9 Å². The molecule has 4 aromatic carbocycles. The lowest BCUT2D eigenvalue weighted by Gasteiger charge is -2.34. The number of likely N-dealkylation sites (N-methyl/N-ethyl adjacent to an activating group) is 1. The van der Waals surface area contributed by atoms with Crippen LogP contribution >= 0.6 is 0 Å². The van der Waals surface area contributed by atoms with Crippen LogP contribution in [0.3, 0.4) is 0 Å². The Hall–Kier alpha value is -5.41. The largest absolute Gasteiger partial charge is 0.457 e. The van der Waals surface area contributed by atoms with E-state index in [0.29, 0.717) is 17.4 Å². The van der Waals surface area contributed by atoms with Crippen LogP contribution in [0.15, 0.2) is 103 Å². The van der Waals surface area contributed by atoms with Gasteiger partial charge in [0.25, 0.3) is 5.91 Å². The number of rotatable bonds is 9. The minimum Gasteiger partial charge on any atom is -0.457 e. The van der Waals surface area contributed by atoms with Crippen molar-refractivity contribution in [1.29, 1.82) is 0 Å². The molecule has 1 saturated heterocycles. The summed E-state index contributed by atoms with van der Waals surface area (Å²) >= 11 is 0. The van der Waals surface area contributed by atoms with Crippen LogP contribution in [0.1, 0.15) is 21.5 Å². The van der Waals surface area contributed by atoms with Gasteiger partial charge in [-0.1, -0.05) is 36.4 Å². The molecule has 0 atom stereocenters. The van der Waals surface area contributed by atoms with Gasteiger partial charge in [-0.05, 0) is 92.7 Å². The summed E-state index contributed by atoms with van der Waals surface area (Å²) in [5, 5.41) is 6.28. The molecule has 1 aliphatic rings. The maximum absolute atomic E-state index is 13.5. The summed E-state index contributed by atoms with van der Waals surface area (Å²) in [6, 6.07) is 30.8. The molecule has 5 aromatic rings. The van der Waals surface area contributed by atoms with Gasteiger partial charge in [-0.25, -0.2) is 4.98 Å². The van der Waals surface area contributed by atoms with Gasteiger partial charge in [-0.3, -0.25) is 4.79 Å².